The monoisotopic (exact) mass is 331 g/mol. The summed E-state index contributed by atoms with van der Waals surface area (Å²) >= 11 is 4.96. The molecule has 1 aliphatic rings. The first-order valence-electron chi connectivity index (χ1n) is 6.00. The molecule has 0 radical (unpaired) electrons. The van der Waals surface area contributed by atoms with Gasteiger partial charge >= 0.3 is 0 Å². The van der Waals surface area contributed by atoms with E-state index in [0.29, 0.717) is 13.1 Å². The van der Waals surface area contributed by atoms with Crippen molar-refractivity contribution in [1.82, 2.24) is 4.90 Å². The van der Waals surface area contributed by atoms with E-state index in [1.807, 2.05) is 37.1 Å². The molecule has 0 aromatic carbocycles. The lowest BCUT2D eigenvalue weighted by atomic mass is 10.1. The second-order valence-corrected chi connectivity index (χ2v) is 6.84. The maximum absolute atomic E-state index is 12.5. The third kappa shape index (κ3) is 2.95. The Morgan fingerprint density at radius 1 is 1.67 bits per heavy atom. The first-order valence-corrected chi connectivity index (χ1v) is 8.00. The van der Waals surface area contributed by atoms with Crippen molar-refractivity contribution in [1.29, 1.82) is 0 Å². The van der Waals surface area contributed by atoms with Gasteiger partial charge in [0.1, 0.15) is 0 Å². The molecule has 2 heterocycles. The van der Waals surface area contributed by atoms with E-state index in [4.69, 9.17) is 4.74 Å². The molecule has 1 unspecified atom stereocenters. The van der Waals surface area contributed by atoms with Gasteiger partial charge in [-0.2, -0.15) is 0 Å². The Balaban J connectivity index is 2.17. The van der Waals surface area contributed by atoms with E-state index in [-0.39, 0.29) is 17.6 Å². The maximum Gasteiger partial charge on any atom is 0.264 e. The summed E-state index contributed by atoms with van der Waals surface area (Å²) < 4.78 is 5.91. The lowest BCUT2D eigenvalue weighted by Crippen LogP contribution is -2.55. The van der Waals surface area contributed by atoms with Crippen LogP contribution >= 0.6 is 27.3 Å². The highest BCUT2D eigenvalue weighted by Gasteiger charge is 2.35. The fraction of sp³-hybridized carbons (Fsp3) is 0.615. The number of nitrogens with zero attached hydrogens (tertiary/aromatic N) is 1. The average molecular weight is 332 g/mol. The Bertz CT molecular complexity index is 444. The minimum Gasteiger partial charge on any atom is -0.368 e. The van der Waals surface area contributed by atoms with Gasteiger partial charge in [0, 0.05) is 18.4 Å². The lowest BCUT2D eigenvalue weighted by Gasteiger charge is -2.42. The summed E-state index contributed by atoms with van der Waals surface area (Å²) in [5.41, 5.74) is 0.780. The topological polar surface area (TPSA) is 29.5 Å². The number of morpholine rings is 1. The number of rotatable bonds is 2. The zero-order valence-corrected chi connectivity index (χ0v) is 13.3. The van der Waals surface area contributed by atoms with Gasteiger partial charge in [-0.1, -0.05) is 15.9 Å². The van der Waals surface area contributed by atoms with Crippen molar-refractivity contribution in [3.63, 3.8) is 0 Å². The molecule has 0 bridgehead atoms. The molecule has 0 N–H and O–H groups in total. The highest BCUT2D eigenvalue weighted by Crippen LogP contribution is 2.25. The predicted molar refractivity (Wildman–Crippen MR) is 77.7 cm³/mol. The van der Waals surface area contributed by atoms with Crippen molar-refractivity contribution in [2.75, 3.05) is 18.4 Å². The second kappa shape index (κ2) is 5.31. The Kier molecular flexibility index (Phi) is 4.14. The number of ether oxygens (including phenoxy) is 1. The summed E-state index contributed by atoms with van der Waals surface area (Å²) in [5, 5.41) is 2.72. The summed E-state index contributed by atoms with van der Waals surface area (Å²) in [6, 6.07) is 1.99. The Morgan fingerprint density at radius 3 is 2.94 bits per heavy atom. The summed E-state index contributed by atoms with van der Waals surface area (Å²) in [6.07, 6.45) is 0.0676. The molecule has 18 heavy (non-hydrogen) atoms. The molecule has 1 aromatic rings. The molecule has 1 aromatic heterocycles. The van der Waals surface area contributed by atoms with Crippen LogP contribution in [0.15, 0.2) is 11.4 Å². The molecule has 100 valence electrons. The van der Waals surface area contributed by atoms with Gasteiger partial charge < -0.3 is 9.64 Å². The van der Waals surface area contributed by atoms with Crippen molar-refractivity contribution in [3.8, 4) is 0 Å². The number of amides is 1. The Morgan fingerprint density at radius 2 is 2.39 bits per heavy atom. The van der Waals surface area contributed by atoms with Crippen LogP contribution in [0.1, 0.15) is 29.1 Å². The number of aryl methyl sites for hydroxylation is 1. The van der Waals surface area contributed by atoms with E-state index in [1.54, 1.807) is 0 Å². The van der Waals surface area contributed by atoms with Crippen molar-refractivity contribution in [3.05, 3.63) is 21.9 Å². The SMILES string of the molecule is Cc1ccsc1C(=O)N1CC(CBr)OC(C)(C)C1. The molecule has 1 aliphatic heterocycles. The van der Waals surface area contributed by atoms with Crippen LogP contribution in [-0.2, 0) is 4.74 Å². The summed E-state index contributed by atoms with van der Waals surface area (Å²) in [6.45, 7) is 7.35. The molecular formula is C13H18BrNO2S. The molecule has 0 saturated carbocycles. The van der Waals surface area contributed by atoms with E-state index in [1.165, 1.54) is 11.3 Å². The summed E-state index contributed by atoms with van der Waals surface area (Å²) in [7, 11) is 0. The fourth-order valence-electron chi connectivity index (χ4n) is 2.27. The molecule has 1 fully saturated rings. The minimum absolute atomic E-state index is 0.0676. The number of alkyl halides is 1. The number of hydrogen-bond acceptors (Lipinski definition) is 3. The normalized spacial score (nSPS) is 23.1. The number of carbonyl (C=O) groups is 1. The number of hydrogen-bond donors (Lipinski definition) is 0. The molecule has 1 amide bonds. The number of carbonyl (C=O) groups excluding carboxylic acids is 1. The third-order valence-electron chi connectivity index (χ3n) is 3.00. The summed E-state index contributed by atoms with van der Waals surface area (Å²) in [5.74, 6) is 0.129. The van der Waals surface area contributed by atoms with E-state index >= 15 is 0 Å². The second-order valence-electron chi connectivity index (χ2n) is 5.27. The van der Waals surface area contributed by atoms with Gasteiger partial charge in [0.25, 0.3) is 5.91 Å². The van der Waals surface area contributed by atoms with Crippen LogP contribution in [0.4, 0.5) is 0 Å². The highest BCUT2D eigenvalue weighted by atomic mass is 79.9. The first-order chi connectivity index (χ1) is 8.43. The molecule has 3 nitrogen and oxygen atoms in total. The third-order valence-corrected chi connectivity index (χ3v) is 4.72. The smallest absolute Gasteiger partial charge is 0.264 e. The molecule has 5 heteroatoms. The molecular weight excluding hydrogens is 314 g/mol. The predicted octanol–water partition coefficient (Wildman–Crippen LogP) is 3.07. The van der Waals surface area contributed by atoms with E-state index in [0.717, 1.165) is 15.8 Å². The van der Waals surface area contributed by atoms with Crippen LogP contribution in [0, 0.1) is 6.92 Å². The van der Waals surface area contributed by atoms with Crippen LogP contribution < -0.4 is 0 Å². The Hall–Kier alpha value is -0.390. The van der Waals surface area contributed by atoms with Crippen LogP contribution in [0.3, 0.4) is 0 Å². The lowest BCUT2D eigenvalue weighted by molar-refractivity contribution is -0.116. The van der Waals surface area contributed by atoms with Gasteiger partial charge in [0.15, 0.2) is 0 Å². The van der Waals surface area contributed by atoms with Gasteiger partial charge in [-0.3, -0.25) is 4.79 Å². The Labute approximate surface area is 120 Å². The van der Waals surface area contributed by atoms with E-state index in [2.05, 4.69) is 15.9 Å². The van der Waals surface area contributed by atoms with Gasteiger partial charge in [-0.15, -0.1) is 11.3 Å². The number of thiophene rings is 1. The van der Waals surface area contributed by atoms with Crippen molar-refractivity contribution < 1.29 is 9.53 Å². The first kappa shape index (κ1) is 14.0. The fourth-order valence-corrected chi connectivity index (χ4v) is 3.50. The molecule has 0 spiro atoms. The van der Waals surface area contributed by atoms with Crippen LogP contribution in [0.5, 0.6) is 0 Å². The van der Waals surface area contributed by atoms with Crippen LogP contribution in [0.2, 0.25) is 0 Å². The standard InChI is InChI=1S/C13H18BrNO2S/c1-9-4-5-18-11(9)12(16)15-7-10(6-14)17-13(2,3)8-15/h4-5,10H,6-8H2,1-3H3. The molecule has 1 saturated heterocycles. The minimum atomic E-state index is -0.280. The summed E-state index contributed by atoms with van der Waals surface area (Å²) in [4.78, 5) is 15.3. The highest BCUT2D eigenvalue weighted by molar-refractivity contribution is 9.09. The van der Waals surface area contributed by atoms with Crippen molar-refractivity contribution in [2.24, 2.45) is 0 Å². The largest absolute Gasteiger partial charge is 0.368 e. The van der Waals surface area contributed by atoms with Gasteiger partial charge in [-0.25, -0.2) is 0 Å². The molecule has 0 aliphatic carbocycles. The zero-order valence-electron chi connectivity index (χ0n) is 10.9. The molecule has 1 atom stereocenters. The van der Waals surface area contributed by atoms with Crippen molar-refractivity contribution >= 4 is 33.2 Å². The van der Waals surface area contributed by atoms with Gasteiger partial charge in [0.05, 0.1) is 16.6 Å². The van der Waals surface area contributed by atoms with Crippen LogP contribution in [0.25, 0.3) is 0 Å². The van der Waals surface area contributed by atoms with E-state index < -0.39 is 0 Å². The maximum atomic E-state index is 12.5. The van der Waals surface area contributed by atoms with Crippen molar-refractivity contribution in [2.45, 2.75) is 32.5 Å². The quantitative estimate of drug-likeness (QED) is 0.779. The number of halogens is 1. The van der Waals surface area contributed by atoms with Crippen LogP contribution in [-0.4, -0.2) is 40.9 Å². The zero-order chi connectivity index (χ0) is 13.3. The molecule has 2 rings (SSSR count). The van der Waals surface area contributed by atoms with Gasteiger partial charge in [-0.05, 0) is 37.8 Å². The van der Waals surface area contributed by atoms with E-state index in [9.17, 15) is 4.79 Å². The van der Waals surface area contributed by atoms with Gasteiger partial charge in [0.2, 0.25) is 0 Å². The average Bonchev–Trinajstić information content (AvgIpc) is 2.72.